The molecule has 0 rings (SSSR count). The molecule has 90 valence electrons. The summed E-state index contributed by atoms with van der Waals surface area (Å²) in [5, 5.41) is 6.21. The normalized spacial score (nSPS) is 12.5. The summed E-state index contributed by atoms with van der Waals surface area (Å²) in [7, 11) is 0. The van der Waals surface area contributed by atoms with Crippen LogP contribution in [0.3, 0.4) is 0 Å². The summed E-state index contributed by atoms with van der Waals surface area (Å²) in [6.45, 7) is 8.04. The van der Waals surface area contributed by atoms with E-state index in [4.69, 9.17) is 0 Å². The van der Waals surface area contributed by atoms with Gasteiger partial charge in [-0.3, -0.25) is 4.79 Å². The van der Waals surface area contributed by atoms with Crippen LogP contribution >= 0.6 is 11.8 Å². The van der Waals surface area contributed by atoms with Gasteiger partial charge in [0.25, 0.3) is 0 Å². The second kappa shape index (κ2) is 10.3. The molecule has 0 aromatic rings. The van der Waals surface area contributed by atoms with Crippen molar-refractivity contribution >= 4 is 17.7 Å². The molecule has 0 aliphatic rings. The predicted molar refractivity (Wildman–Crippen MR) is 68.4 cm³/mol. The fourth-order valence-corrected chi connectivity index (χ4v) is 1.64. The Morgan fingerprint density at radius 1 is 1.33 bits per heavy atom. The van der Waals surface area contributed by atoms with Crippen LogP contribution in [0.5, 0.6) is 0 Å². The second-order valence-corrected chi connectivity index (χ2v) is 4.97. The maximum absolute atomic E-state index is 11.3. The number of amides is 1. The summed E-state index contributed by atoms with van der Waals surface area (Å²) in [5.74, 6) is 2.44. The zero-order chi connectivity index (χ0) is 11.5. The Labute approximate surface area is 97.8 Å². The van der Waals surface area contributed by atoms with Gasteiger partial charge in [0.1, 0.15) is 0 Å². The summed E-state index contributed by atoms with van der Waals surface area (Å²) >= 11 is 1.92. The predicted octanol–water partition coefficient (Wildman–Crippen LogP) is 1.63. The molecule has 4 heteroatoms. The number of thioether (sulfide) groups is 1. The van der Waals surface area contributed by atoms with Gasteiger partial charge in [-0.2, -0.15) is 11.8 Å². The minimum atomic E-state index is 0.153. The monoisotopic (exact) mass is 232 g/mol. The smallest absolute Gasteiger partial charge is 0.221 e. The molecule has 1 unspecified atom stereocenters. The first-order chi connectivity index (χ1) is 7.20. The van der Waals surface area contributed by atoms with Gasteiger partial charge in [0.2, 0.25) is 5.91 Å². The second-order valence-electron chi connectivity index (χ2n) is 3.57. The van der Waals surface area contributed by atoms with E-state index in [0.717, 1.165) is 31.0 Å². The number of hydrogen-bond donors (Lipinski definition) is 2. The van der Waals surface area contributed by atoms with E-state index >= 15 is 0 Å². The lowest BCUT2D eigenvalue weighted by molar-refractivity contribution is -0.121. The molecule has 1 atom stereocenters. The summed E-state index contributed by atoms with van der Waals surface area (Å²) in [5.41, 5.74) is 0. The van der Waals surface area contributed by atoms with Crippen LogP contribution in [0, 0.1) is 0 Å². The molecule has 0 aliphatic carbocycles. The summed E-state index contributed by atoms with van der Waals surface area (Å²) < 4.78 is 0. The van der Waals surface area contributed by atoms with E-state index in [1.165, 1.54) is 0 Å². The van der Waals surface area contributed by atoms with Crippen molar-refractivity contribution in [2.45, 2.75) is 39.7 Å². The Bertz CT molecular complexity index is 165. The topological polar surface area (TPSA) is 41.1 Å². The maximum Gasteiger partial charge on any atom is 0.221 e. The Balaban J connectivity index is 3.24. The molecule has 0 heterocycles. The van der Waals surface area contributed by atoms with Crippen molar-refractivity contribution in [3.8, 4) is 0 Å². The van der Waals surface area contributed by atoms with Gasteiger partial charge >= 0.3 is 0 Å². The maximum atomic E-state index is 11.3. The highest BCUT2D eigenvalue weighted by molar-refractivity contribution is 7.99. The fraction of sp³-hybridized carbons (Fsp3) is 0.909. The SMILES string of the molecule is CCSCCNCCC(=O)NC(C)CC. The van der Waals surface area contributed by atoms with Crippen LogP contribution in [0.2, 0.25) is 0 Å². The van der Waals surface area contributed by atoms with Gasteiger partial charge in [-0.15, -0.1) is 0 Å². The van der Waals surface area contributed by atoms with Gasteiger partial charge in [-0.1, -0.05) is 13.8 Å². The highest BCUT2D eigenvalue weighted by atomic mass is 32.2. The van der Waals surface area contributed by atoms with Crippen molar-refractivity contribution in [3.63, 3.8) is 0 Å². The molecule has 0 spiro atoms. The number of nitrogens with one attached hydrogen (secondary N) is 2. The van der Waals surface area contributed by atoms with Crippen LogP contribution in [0.1, 0.15) is 33.6 Å². The molecule has 0 saturated heterocycles. The number of carbonyl (C=O) groups is 1. The van der Waals surface area contributed by atoms with E-state index in [-0.39, 0.29) is 5.91 Å². The Morgan fingerprint density at radius 2 is 2.07 bits per heavy atom. The zero-order valence-corrected chi connectivity index (χ0v) is 11.0. The van der Waals surface area contributed by atoms with Crippen molar-refractivity contribution in [2.75, 3.05) is 24.6 Å². The average molecular weight is 232 g/mol. The highest BCUT2D eigenvalue weighted by Crippen LogP contribution is 1.95. The van der Waals surface area contributed by atoms with E-state index < -0.39 is 0 Å². The van der Waals surface area contributed by atoms with Crippen LogP contribution in [-0.4, -0.2) is 36.5 Å². The van der Waals surface area contributed by atoms with Gasteiger partial charge in [0.05, 0.1) is 0 Å². The van der Waals surface area contributed by atoms with Crippen molar-refractivity contribution in [1.82, 2.24) is 10.6 Å². The third kappa shape index (κ3) is 10.1. The Morgan fingerprint density at radius 3 is 2.67 bits per heavy atom. The lowest BCUT2D eigenvalue weighted by Gasteiger charge is -2.11. The molecule has 0 aromatic carbocycles. The fourth-order valence-electron chi connectivity index (χ4n) is 1.06. The molecule has 0 aromatic heterocycles. The number of carbonyl (C=O) groups excluding carboxylic acids is 1. The van der Waals surface area contributed by atoms with Crippen LogP contribution < -0.4 is 10.6 Å². The standard InChI is InChI=1S/C11H24N2OS/c1-4-10(3)13-11(14)6-7-12-8-9-15-5-2/h10,12H,4-9H2,1-3H3,(H,13,14). The summed E-state index contributed by atoms with van der Waals surface area (Å²) in [6, 6.07) is 0.299. The van der Waals surface area contributed by atoms with Crippen molar-refractivity contribution in [2.24, 2.45) is 0 Å². The van der Waals surface area contributed by atoms with Crippen LogP contribution in [0.15, 0.2) is 0 Å². The molecule has 3 nitrogen and oxygen atoms in total. The zero-order valence-electron chi connectivity index (χ0n) is 10.1. The van der Waals surface area contributed by atoms with Gasteiger partial charge in [-0.05, 0) is 19.1 Å². The molecular formula is C11H24N2OS. The molecule has 0 saturated carbocycles. The minimum Gasteiger partial charge on any atom is -0.354 e. The first-order valence-electron chi connectivity index (χ1n) is 5.78. The molecule has 1 amide bonds. The first-order valence-corrected chi connectivity index (χ1v) is 6.94. The minimum absolute atomic E-state index is 0.153. The molecule has 0 radical (unpaired) electrons. The molecule has 0 aliphatic heterocycles. The molecule has 2 N–H and O–H groups in total. The Kier molecular flexibility index (Phi) is 10.2. The highest BCUT2D eigenvalue weighted by Gasteiger charge is 2.03. The van der Waals surface area contributed by atoms with E-state index in [1.807, 2.05) is 18.7 Å². The number of hydrogen-bond acceptors (Lipinski definition) is 3. The largest absolute Gasteiger partial charge is 0.354 e. The van der Waals surface area contributed by atoms with E-state index in [2.05, 4.69) is 24.5 Å². The Hall–Kier alpha value is -0.220. The van der Waals surface area contributed by atoms with Gasteiger partial charge < -0.3 is 10.6 Å². The quantitative estimate of drug-likeness (QED) is 0.594. The third-order valence-electron chi connectivity index (χ3n) is 2.18. The third-order valence-corrected chi connectivity index (χ3v) is 3.08. The molecule has 0 bridgehead atoms. The van der Waals surface area contributed by atoms with Crippen LogP contribution in [0.4, 0.5) is 0 Å². The molecule has 15 heavy (non-hydrogen) atoms. The first kappa shape index (κ1) is 14.8. The summed E-state index contributed by atoms with van der Waals surface area (Å²) in [4.78, 5) is 11.3. The van der Waals surface area contributed by atoms with E-state index in [9.17, 15) is 4.79 Å². The van der Waals surface area contributed by atoms with Crippen LogP contribution in [-0.2, 0) is 4.79 Å². The molecular weight excluding hydrogens is 208 g/mol. The van der Waals surface area contributed by atoms with E-state index in [1.54, 1.807) is 0 Å². The average Bonchev–Trinajstić information content (AvgIpc) is 2.23. The lowest BCUT2D eigenvalue weighted by atomic mass is 10.2. The van der Waals surface area contributed by atoms with Gasteiger partial charge in [0, 0.05) is 31.3 Å². The molecule has 0 fully saturated rings. The van der Waals surface area contributed by atoms with Crippen molar-refractivity contribution in [3.05, 3.63) is 0 Å². The number of rotatable bonds is 9. The van der Waals surface area contributed by atoms with Gasteiger partial charge in [0.15, 0.2) is 0 Å². The van der Waals surface area contributed by atoms with Crippen molar-refractivity contribution < 1.29 is 4.79 Å². The van der Waals surface area contributed by atoms with E-state index in [0.29, 0.717) is 12.5 Å². The van der Waals surface area contributed by atoms with Gasteiger partial charge in [-0.25, -0.2) is 0 Å². The summed E-state index contributed by atoms with van der Waals surface area (Å²) in [6.07, 6.45) is 1.58. The van der Waals surface area contributed by atoms with Crippen molar-refractivity contribution in [1.29, 1.82) is 0 Å². The van der Waals surface area contributed by atoms with Crippen LogP contribution in [0.25, 0.3) is 0 Å². The lowest BCUT2D eigenvalue weighted by Crippen LogP contribution is -2.34.